The highest BCUT2D eigenvalue weighted by Crippen LogP contribution is 2.33. The molecule has 1 aliphatic carbocycles. The molecule has 0 radical (unpaired) electrons. The maximum Gasteiger partial charge on any atom is 0.266 e. The highest BCUT2D eigenvalue weighted by Gasteiger charge is 2.20. The molecule has 1 saturated carbocycles. The molecule has 0 spiro atoms. The maximum absolute atomic E-state index is 12.7. The minimum absolute atomic E-state index is 0.0785. The van der Waals surface area contributed by atoms with Gasteiger partial charge >= 0.3 is 0 Å². The van der Waals surface area contributed by atoms with Gasteiger partial charge < -0.3 is 14.6 Å². The van der Waals surface area contributed by atoms with E-state index in [1.54, 1.807) is 25.3 Å². The molecule has 5 heteroatoms. The maximum atomic E-state index is 12.7. The fraction of sp³-hybridized carbons (Fsp3) is 0.391. The summed E-state index contributed by atoms with van der Waals surface area (Å²) in [7, 11) is 1.55. The number of rotatable bonds is 5. The number of benzene rings is 1. The Morgan fingerprint density at radius 1 is 1.25 bits per heavy atom. The van der Waals surface area contributed by atoms with Gasteiger partial charge in [-0.15, -0.1) is 0 Å². The lowest BCUT2D eigenvalue weighted by molar-refractivity contribution is -0.112. The van der Waals surface area contributed by atoms with Gasteiger partial charge in [0.15, 0.2) is 0 Å². The zero-order valence-electron chi connectivity index (χ0n) is 16.8. The fourth-order valence-electron chi connectivity index (χ4n) is 4.09. The van der Waals surface area contributed by atoms with Crippen LogP contribution in [0.4, 0.5) is 5.69 Å². The average Bonchev–Trinajstić information content (AvgIpc) is 3.00. The Balaban J connectivity index is 1.86. The van der Waals surface area contributed by atoms with Gasteiger partial charge in [-0.25, -0.2) is 0 Å². The molecule has 0 bridgehead atoms. The third-order valence-electron chi connectivity index (χ3n) is 5.48. The molecule has 1 aromatic carbocycles. The third kappa shape index (κ3) is 4.12. The first kappa shape index (κ1) is 19.8. The largest absolute Gasteiger partial charge is 0.495 e. The van der Waals surface area contributed by atoms with Crippen LogP contribution in [-0.2, 0) is 4.79 Å². The minimum atomic E-state index is -0.436. The van der Waals surface area contributed by atoms with Crippen molar-refractivity contribution >= 4 is 17.7 Å². The number of aryl methyl sites for hydroxylation is 1. The number of ether oxygens (including phenoxy) is 1. The van der Waals surface area contributed by atoms with Gasteiger partial charge in [-0.2, -0.15) is 5.26 Å². The van der Waals surface area contributed by atoms with Crippen molar-refractivity contribution in [1.82, 2.24) is 4.57 Å². The van der Waals surface area contributed by atoms with E-state index in [-0.39, 0.29) is 5.57 Å². The summed E-state index contributed by atoms with van der Waals surface area (Å²) in [6, 6.07) is 11.8. The normalized spacial score (nSPS) is 15.1. The summed E-state index contributed by atoms with van der Waals surface area (Å²) in [4.78, 5) is 12.7. The number of nitrogens with zero attached hydrogens (tertiary/aromatic N) is 2. The van der Waals surface area contributed by atoms with Gasteiger partial charge in [0, 0.05) is 17.4 Å². The fourth-order valence-corrected chi connectivity index (χ4v) is 4.09. The molecule has 0 saturated heterocycles. The number of nitrogens with one attached hydrogen (secondary N) is 1. The summed E-state index contributed by atoms with van der Waals surface area (Å²) < 4.78 is 7.64. The summed E-state index contributed by atoms with van der Waals surface area (Å²) in [6.07, 6.45) is 7.91. The van der Waals surface area contributed by atoms with Gasteiger partial charge in [-0.1, -0.05) is 31.4 Å². The second kappa shape index (κ2) is 8.79. The third-order valence-corrected chi connectivity index (χ3v) is 5.48. The van der Waals surface area contributed by atoms with E-state index < -0.39 is 5.91 Å². The van der Waals surface area contributed by atoms with Crippen molar-refractivity contribution in [3.8, 4) is 11.8 Å². The molecule has 0 unspecified atom stereocenters. The van der Waals surface area contributed by atoms with E-state index in [1.807, 2.05) is 18.2 Å². The molecular weight excluding hydrogens is 350 g/mol. The van der Waals surface area contributed by atoms with Crippen molar-refractivity contribution in [2.75, 3.05) is 12.4 Å². The Morgan fingerprint density at radius 2 is 1.96 bits per heavy atom. The molecule has 1 amide bonds. The molecule has 1 aromatic heterocycles. The first-order chi connectivity index (χ1) is 13.5. The molecule has 2 aromatic rings. The van der Waals surface area contributed by atoms with E-state index in [1.165, 1.54) is 37.8 Å². The second-order valence-corrected chi connectivity index (χ2v) is 7.31. The van der Waals surface area contributed by atoms with Crippen molar-refractivity contribution < 1.29 is 9.53 Å². The van der Waals surface area contributed by atoms with Gasteiger partial charge in [0.1, 0.15) is 17.4 Å². The number of hydrogen-bond donors (Lipinski definition) is 1. The standard InChI is InChI=1S/C23H27N3O2/c1-16-13-18(17(2)26(16)20-9-5-4-6-10-20)14-19(15-24)23(27)25-21-11-7-8-12-22(21)28-3/h7-8,11-14,20H,4-6,9-10H2,1-3H3,(H,25,27)/b19-14+. The van der Waals surface area contributed by atoms with Crippen LogP contribution in [0.5, 0.6) is 5.75 Å². The van der Waals surface area contributed by atoms with Crippen LogP contribution in [0.2, 0.25) is 0 Å². The number of anilines is 1. The Kier molecular flexibility index (Phi) is 6.20. The number of hydrogen-bond acceptors (Lipinski definition) is 3. The SMILES string of the molecule is COc1ccccc1NC(=O)/C(C#N)=C/c1cc(C)n(C2CCCCC2)c1C. The van der Waals surface area contributed by atoms with Crippen LogP contribution in [-0.4, -0.2) is 17.6 Å². The summed E-state index contributed by atoms with van der Waals surface area (Å²) in [5.74, 6) is 0.123. The van der Waals surface area contributed by atoms with Crippen molar-refractivity contribution in [2.24, 2.45) is 0 Å². The van der Waals surface area contributed by atoms with Crippen LogP contribution in [0, 0.1) is 25.2 Å². The lowest BCUT2D eigenvalue weighted by Gasteiger charge is -2.26. The summed E-state index contributed by atoms with van der Waals surface area (Å²) >= 11 is 0. The topological polar surface area (TPSA) is 67.0 Å². The van der Waals surface area contributed by atoms with Crippen molar-refractivity contribution in [3.05, 3.63) is 52.9 Å². The van der Waals surface area contributed by atoms with E-state index in [2.05, 4.69) is 29.8 Å². The van der Waals surface area contributed by atoms with Crippen LogP contribution in [0.1, 0.15) is 55.1 Å². The molecular formula is C23H27N3O2. The highest BCUT2D eigenvalue weighted by molar-refractivity contribution is 6.10. The van der Waals surface area contributed by atoms with Gasteiger partial charge in [-0.05, 0) is 56.5 Å². The molecule has 1 fully saturated rings. The number of nitriles is 1. The van der Waals surface area contributed by atoms with Crippen LogP contribution >= 0.6 is 0 Å². The minimum Gasteiger partial charge on any atom is -0.495 e. The number of carbonyl (C=O) groups excluding carboxylic acids is 1. The monoisotopic (exact) mass is 377 g/mol. The zero-order chi connectivity index (χ0) is 20.1. The van der Waals surface area contributed by atoms with Gasteiger partial charge in [-0.3, -0.25) is 4.79 Å². The number of aromatic nitrogens is 1. The van der Waals surface area contributed by atoms with E-state index in [4.69, 9.17) is 4.74 Å². The Hall–Kier alpha value is -3.00. The molecule has 3 rings (SSSR count). The first-order valence-electron chi connectivity index (χ1n) is 9.79. The summed E-state index contributed by atoms with van der Waals surface area (Å²) in [5, 5.41) is 12.3. The smallest absolute Gasteiger partial charge is 0.266 e. The van der Waals surface area contributed by atoms with Crippen molar-refractivity contribution in [3.63, 3.8) is 0 Å². The van der Waals surface area contributed by atoms with Gasteiger partial charge in [0.2, 0.25) is 0 Å². The molecule has 28 heavy (non-hydrogen) atoms. The Labute approximate surface area is 166 Å². The second-order valence-electron chi connectivity index (χ2n) is 7.31. The predicted molar refractivity (Wildman–Crippen MR) is 111 cm³/mol. The summed E-state index contributed by atoms with van der Waals surface area (Å²) in [5.41, 5.74) is 3.84. The van der Waals surface area contributed by atoms with Gasteiger partial charge in [0.05, 0.1) is 12.8 Å². The average molecular weight is 377 g/mol. The highest BCUT2D eigenvalue weighted by atomic mass is 16.5. The van der Waals surface area contributed by atoms with Crippen LogP contribution in [0.3, 0.4) is 0 Å². The van der Waals surface area contributed by atoms with E-state index >= 15 is 0 Å². The predicted octanol–water partition coefficient (Wildman–Crippen LogP) is 5.16. The Morgan fingerprint density at radius 3 is 2.64 bits per heavy atom. The number of methoxy groups -OCH3 is 1. The van der Waals surface area contributed by atoms with Crippen LogP contribution < -0.4 is 10.1 Å². The van der Waals surface area contributed by atoms with Gasteiger partial charge in [0.25, 0.3) is 5.91 Å². The Bertz CT molecular complexity index is 928. The molecule has 5 nitrogen and oxygen atoms in total. The van der Waals surface area contributed by atoms with E-state index in [0.29, 0.717) is 17.5 Å². The lowest BCUT2D eigenvalue weighted by Crippen LogP contribution is -2.15. The zero-order valence-corrected chi connectivity index (χ0v) is 16.8. The molecule has 0 atom stereocenters. The molecule has 1 aliphatic rings. The van der Waals surface area contributed by atoms with Crippen molar-refractivity contribution in [1.29, 1.82) is 5.26 Å². The number of amides is 1. The molecule has 1 N–H and O–H groups in total. The number of carbonyl (C=O) groups is 1. The molecule has 1 heterocycles. The number of para-hydroxylation sites is 2. The van der Waals surface area contributed by atoms with Crippen molar-refractivity contribution in [2.45, 2.75) is 52.0 Å². The van der Waals surface area contributed by atoms with E-state index in [0.717, 1.165) is 11.3 Å². The van der Waals surface area contributed by atoms with Crippen LogP contribution in [0.25, 0.3) is 6.08 Å². The van der Waals surface area contributed by atoms with E-state index in [9.17, 15) is 10.1 Å². The quantitative estimate of drug-likeness (QED) is 0.578. The summed E-state index contributed by atoms with van der Waals surface area (Å²) in [6.45, 7) is 4.17. The molecule has 0 aliphatic heterocycles. The van der Waals surface area contributed by atoms with Crippen LogP contribution in [0.15, 0.2) is 35.9 Å². The lowest BCUT2D eigenvalue weighted by atomic mass is 9.95. The first-order valence-corrected chi connectivity index (χ1v) is 9.79. The molecule has 146 valence electrons.